The Labute approximate surface area is 107 Å². The maximum atomic E-state index is 12.3. The molecule has 3 rings (SSSR count). The van der Waals surface area contributed by atoms with Gasteiger partial charge in [-0.15, -0.1) is 5.10 Å². The number of para-hydroxylation sites is 1. The molecule has 0 unspecified atom stereocenters. The Balaban J connectivity index is 2.35. The Kier molecular flexibility index (Phi) is 2.35. The molecule has 0 radical (unpaired) electrons. The molecule has 0 saturated heterocycles. The minimum Gasteiger partial charge on any atom is -0.243 e. The van der Waals surface area contributed by atoms with Gasteiger partial charge in [0.2, 0.25) is 5.65 Å². The van der Waals surface area contributed by atoms with Gasteiger partial charge in [0.15, 0.2) is 0 Å². The molecule has 92 valence electrons. The van der Waals surface area contributed by atoms with Crippen molar-refractivity contribution < 1.29 is 0 Å². The van der Waals surface area contributed by atoms with Crippen LogP contribution < -0.4 is 5.69 Å². The van der Waals surface area contributed by atoms with Crippen LogP contribution in [0.4, 0.5) is 0 Å². The minimum absolute atomic E-state index is 0.178. The van der Waals surface area contributed by atoms with E-state index < -0.39 is 5.69 Å². The van der Waals surface area contributed by atoms with Gasteiger partial charge in [0.1, 0.15) is 11.6 Å². The zero-order chi connectivity index (χ0) is 13.4. The number of rotatable bonds is 1. The van der Waals surface area contributed by atoms with Gasteiger partial charge in [0, 0.05) is 0 Å². The van der Waals surface area contributed by atoms with Crippen molar-refractivity contribution in [2.75, 3.05) is 0 Å². The van der Waals surface area contributed by atoms with E-state index in [4.69, 9.17) is 5.26 Å². The van der Waals surface area contributed by atoms with E-state index in [9.17, 15) is 4.79 Å². The van der Waals surface area contributed by atoms with Gasteiger partial charge in [-0.1, -0.05) is 23.4 Å². The molecule has 2 heterocycles. The largest absolute Gasteiger partial charge is 0.373 e. The molecule has 0 atom stereocenters. The van der Waals surface area contributed by atoms with Gasteiger partial charge in [-0.25, -0.2) is 4.79 Å². The second-order valence-electron chi connectivity index (χ2n) is 3.93. The van der Waals surface area contributed by atoms with E-state index >= 15 is 0 Å². The number of benzene rings is 1. The van der Waals surface area contributed by atoms with Crippen LogP contribution in [-0.4, -0.2) is 24.6 Å². The summed E-state index contributed by atoms with van der Waals surface area (Å²) in [7, 11) is 0. The standard InChI is InChI=1S/C12H8N6O/c1-8-10(7-13)11-14-16-17(12(19)18(11)15-8)9-5-3-2-4-6-9/h2-6H,1H3. The van der Waals surface area contributed by atoms with E-state index in [0.717, 1.165) is 9.20 Å². The van der Waals surface area contributed by atoms with Gasteiger partial charge in [-0.3, -0.25) is 0 Å². The van der Waals surface area contributed by atoms with Crippen LogP contribution in [0.2, 0.25) is 0 Å². The van der Waals surface area contributed by atoms with Crippen molar-refractivity contribution in [1.29, 1.82) is 5.26 Å². The lowest BCUT2D eigenvalue weighted by molar-refractivity contribution is 0.648. The fourth-order valence-corrected chi connectivity index (χ4v) is 1.82. The van der Waals surface area contributed by atoms with Crippen LogP contribution in [0.1, 0.15) is 11.3 Å². The van der Waals surface area contributed by atoms with E-state index in [1.807, 2.05) is 12.1 Å². The Bertz CT molecular complexity index is 856. The average molecular weight is 252 g/mol. The molecule has 7 heteroatoms. The number of nitrogens with zero attached hydrogens (tertiary/aromatic N) is 6. The van der Waals surface area contributed by atoms with E-state index in [1.54, 1.807) is 31.2 Å². The molecule has 0 aliphatic rings. The summed E-state index contributed by atoms with van der Waals surface area (Å²) in [5.41, 5.74) is 1.04. The second-order valence-corrected chi connectivity index (χ2v) is 3.93. The smallest absolute Gasteiger partial charge is 0.243 e. The van der Waals surface area contributed by atoms with Gasteiger partial charge < -0.3 is 0 Å². The highest BCUT2D eigenvalue weighted by Crippen LogP contribution is 2.09. The van der Waals surface area contributed by atoms with Gasteiger partial charge in [0.05, 0.1) is 11.4 Å². The van der Waals surface area contributed by atoms with Crippen molar-refractivity contribution >= 4 is 5.65 Å². The summed E-state index contributed by atoms with van der Waals surface area (Å²) in [4.78, 5) is 12.3. The minimum atomic E-state index is -0.458. The summed E-state index contributed by atoms with van der Waals surface area (Å²) in [6, 6.07) is 10.9. The summed E-state index contributed by atoms with van der Waals surface area (Å²) in [5.74, 6) is 0. The molecule has 0 bridgehead atoms. The van der Waals surface area contributed by atoms with Crippen molar-refractivity contribution in [3.8, 4) is 11.8 Å². The quantitative estimate of drug-likeness (QED) is 0.627. The molecule has 0 saturated carbocycles. The van der Waals surface area contributed by atoms with Crippen LogP contribution in [0.25, 0.3) is 11.3 Å². The highest BCUT2D eigenvalue weighted by Gasteiger charge is 2.15. The molecule has 0 aliphatic carbocycles. The first kappa shape index (κ1) is 11.1. The molecule has 2 aromatic heterocycles. The molecule has 7 nitrogen and oxygen atoms in total. The Morgan fingerprint density at radius 3 is 2.68 bits per heavy atom. The fraction of sp³-hybridized carbons (Fsp3) is 0.0833. The molecule has 0 N–H and O–H groups in total. The van der Waals surface area contributed by atoms with E-state index in [-0.39, 0.29) is 11.2 Å². The predicted octanol–water partition coefficient (Wildman–Crippen LogP) is 0.455. The lowest BCUT2D eigenvalue weighted by atomic mass is 10.3. The van der Waals surface area contributed by atoms with E-state index in [1.165, 1.54) is 0 Å². The zero-order valence-electron chi connectivity index (χ0n) is 9.98. The number of aryl methyl sites for hydroxylation is 1. The Hall–Kier alpha value is -3.01. The van der Waals surface area contributed by atoms with Crippen molar-refractivity contribution in [3.05, 3.63) is 52.1 Å². The lowest BCUT2D eigenvalue weighted by Gasteiger charge is -2.02. The van der Waals surface area contributed by atoms with Crippen LogP contribution in [0, 0.1) is 18.3 Å². The summed E-state index contributed by atoms with van der Waals surface area (Å²) in [6.45, 7) is 1.65. The van der Waals surface area contributed by atoms with Crippen LogP contribution in [0.15, 0.2) is 35.1 Å². The van der Waals surface area contributed by atoms with Crippen LogP contribution in [0.3, 0.4) is 0 Å². The summed E-state index contributed by atoms with van der Waals surface area (Å²) in [6.07, 6.45) is 0. The first-order chi connectivity index (χ1) is 9.22. The first-order valence-corrected chi connectivity index (χ1v) is 5.53. The highest BCUT2D eigenvalue weighted by atomic mass is 16.2. The summed E-state index contributed by atoms with van der Waals surface area (Å²) < 4.78 is 2.23. The predicted molar refractivity (Wildman–Crippen MR) is 65.8 cm³/mol. The van der Waals surface area contributed by atoms with Crippen molar-refractivity contribution in [1.82, 2.24) is 24.6 Å². The normalized spacial score (nSPS) is 10.5. The maximum Gasteiger partial charge on any atom is 0.373 e. The number of hydrogen-bond acceptors (Lipinski definition) is 5. The van der Waals surface area contributed by atoms with Crippen LogP contribution >= 0.6 is 0 Å². The molecule has 3 aromatic rings. The summed E-state index contributed by atoms with van der Waals surface area (Å²) in [5, 5.41) is 20.8. The average Bonchev–Trinajstić information content (AvgIpc) is 2.77. The third kappa shape index (κ3) is 1.58. The highest BCUT2D eigenvalue weighted by molar-refractivity contribution is 5.56. The molecule has 0 amide bonds. The Morgan fingerprint density at radius 2 is 2.00 bits per heavy atom. The molecule has 1 aromatic carbocycles. The second kappa shape index (κ2) is 4.03. The molecule has 0 spiro atoms. The number of nitriles is 1. The Morgan fingerprint density at radius 1 is 1.26 bits per heavy atom. The number of aromatic nitrogens is 5. The van der Waals surface area contributed by atoms with Crippen molar-refractivity contribution in [2.24, 2.45) is 0 Å². The topological polar surface area (TPSA) is 88.9 Å². The third-order valence-corrected chi connectivity index (χ3v) is 2.74. The fourth-order valence-electron chi connectivity index (χ4n) is 1.82. The molecular weight excluding hydrogens is 244 g/mol. The summed E-state index contributed by atoms with van der Waals surface area (Å²) >= 11 is 0. The number of fused-ring (bicyclic) bond motifs is 1. The van der Waals surface area contributed by atoms with Crippen molar-refractivity contribution in [3.63, 3.8) is 0 Å². The van der Waals surface area contributed by atoms with Gasteiger partial charge >= 0.3 is 5.69 Å². The zero-order valence-corrected chi connectivity index (χ0v) is 9.98. The molecule has 0 fully saturated rings. The van der Waals surface area contributed by atoms with Crippen LogP contribution in [-0.2, 0) is 0 Å². The molecular formula is C12H8N6O. The van der Waals surface area contributed by atoms with Crippen molar-refractivity contribution in [2.45, 2.75) is 6.92 Å². The monoisotopic (exact) mass is 252 g/mol. The lowest BCUT2D eigenvalue weighted by Crippen LogP contribution is -2.29. The van der Waals surface area contributed by atoms with Gasteiger partial charge in [0.25, 0.3) is 0 Å². The number of hydrogen-bond donors (Lipinski definition) is 0. The van der Waals surface area contributed by atoms with Gasteiger partial charge in [-0.05, 0) is 19.1 Å². The first-order valence-electron chi connectivity index (χ1n) is 5.53. The SMILES string of the molecule is Cc1nn2c(=O)n(-c3ccccc3)nnc2c1C#N. The molecule has 19 heavy (non-hydrogen) atoms. The third-order valence-electron chi connectivity index (χ3n) is 2.74. The van der Waals surface area contributed by atoms with Crippen LogP contribution in [0.5, 0.6) is 0 Å². The maximum absolute atomic E-state index is 12.3. The van der Waals surface area contributed by atoms with E-state index in [2.05, 4.69) is 15.4 Å². The van der Waals surface area contributed by atoms with Gasteiger partial charge in [-0.2, -0.15) is 19.6 Å². The van der Waals surface area contributed by atoms with E-state index in [0.29, 0.717) is 11.4 Å². The molecule has 0 aliphatic heterocycles.